The third kappa shape index (κ3) is 3.73. The molecular weight excluding hydrogens is 297 g/mol. The highest BCUT2D eigenvalue weighted by atomic mass is 19.4. The molecule has 0 bridgehead atoms. The van der Waals surface area contributed by atoms with E-state index in [9.17, 15) is 22.8 Å². The first kappa shape index (κ1) is 16.2. The molecule has 1 aromatic carbocycles. The molecule has 0 aliphatic heterocycles. The predicted octanol–water partition coefficient (Wildman–Crippen LogP) is 1.76. The van der Waals surface area contributed by atoms with Crippen LogP contribution in [0.3, 0.4) is 0 Å². The minimum absolute atomic E-state index is 0.00919. The summed E-state index contributed by atoms with van der Waals surface area (Å²) in [5.41, 5.74) is 6.82. The molecule has 2 rings (SSSR count). The Hall–Kier alpha value is -2.15. The van der Waals surface area contributed by atoms with Crippen molar-refractivity contribution in [3.63, 3.8) is 0 Å². The maximum absolute atomic E-state index is 12.3. The molecule has 118 valence electrons. The lowest BCUT2D eigenvalue weighted by molar-refractivity contribution is -0.126. The van der Waals surface area contributed by atoms with Gasteiger partial charge in [-0.3, -0.25) is 9.59 Å². The van der Waals surface area contributed by atoms with Crippen LogP contribution in [0.5, 0.6) is 0 Å². The van der Waals surface area contributed by atoms with E-state index < -0.39 is 30.3 Å². The second-order valence-electron chi connectivity index (χ2n) is 5.04. The van der Waals surface area contributed by atoms with Crippen LogP contribution in [0.4, 0.5) is 13.2 Å². The topological polar surface area (TPSA) is 72.2 Å². The van der Waals surface area contributed by atoms with Crippen molar-refractivity contribution in [2.45, 2.75) is 18.5 Å². The van der Waals surface area contributed by atoms with E-state index in [4.69, 9.17) is 5.73 Å². The molecule has 0 aromatic heterocycles. The van der Waals surface area contributed by atoms with Crippen LogP contribution in [-0.4, -0.2) is 31.0 Å². The number of ketones is 1. The minimum atomic E-state index is -4.30. The number of hydrogen-bond donors (Lipinski definition) is 2. The van der Waals surface area contributed by atoms with Crippen molar-refractivity contribution in [3.05, 3.63) is 41.0 Å². The molecule has 1 aliphatic carbocycles. The van der Waals surface area contributed by atoms with Gasteiger partial charge in [0.2, 0.25) is 5.91 Å². The number of alkyl halides is 3. The first-order chi connectivity index (χ1) is 10.3. The Morgan fingerprint density at radius 3 is 2.59 bits per heavy atom. The molecule has 0 radical (unpaired) electrons. The summed E-state index contributed by atoms with van der Waals surface area (Å²) in [6, 6.07) is 6.84. The number of benzene rings is 1. The van der Waals surface area contributed by atoms with Gasteiger partial charge in [0.05, 0.1) is 6.54 Å². The zero-order valence-electron chi connectivity index (χ0n) is 11.6. The van der Waals surface area contributed by atoms with Gasteiger partial charge in [-0.05, 0) is 35.7 Å². The smallest absolute Gasteiger partial charge is 0.369 e. The molecule has 0 saturated carbocycles. The van der Waals surface area contributed by atoms with Gasteiger partial charge in [-0.25, -0.2) is 0 Å². The van der Waals surface area contributed by atoms with E-state index in [2.05, 4.69) is 5.32 Å². The molecule has 0 spiro atoms. The van der Waals surface area contributed by atoms with Gasteiger partial charge in [0.1, 0.15) is 5.92 Å². The quantitative estimate of drug-likeness (QED) is 0.643. The van der Waals surface area contributed by atoms with Crippen molar-refractivity contribution < 1.29 is 22.8 Å². The lowest BCUT2D eigenvalue weighted by Gasteiger charge is -2.22. The van der Waals surface area contributed by atoms with Gasteiger partial charge >= 0.3 is 6.18 Å². The molecule has 0 heterocycles. The summed E-state index contributed by atoms with van der Waals surface area (Å²) in [6.07, 6.45) is -2.59. The van der Waals surface area contributed by atoms with Crippen LogP contribution in [0.15, 0.2) is 29.8 Å². The van der Waals surface area contributed by atoms with Crippen LogP contribution >= 0.6 is 0 Å². The van der Waals surface area contributed by atoms with Crippen LogP contribution in [0.25, 0.3) is 6.08 Å². The zero-order chi connectivity index (χ0) is 16.3. The monoisotopic (exact) mass is 312 g/mol. The average Bonchev–Trinajstić information content (AvgIpc) is 2.42. The average molecular weight is 312 g/mol. The Morgan fingerprint density at radius 2 is 1.95 bits per heavy atom. The van der Waals surface area contributed by atoms with Crippen molar-refractivity contribution in [2.75, 3.05) is 13.1 Å². The number of nitrogens with two attached hydrogens (primary N) is 1. The fourth-order valence-electron chi connectivity index (χ4n) is 2.42. The summed E-state index contributed by atoms with van der Waals surface area (Å²) >= 11 is 0. The second-order valence-corrected chi connectivity index (χ2v) is 5.04. The van der Waals surface area contributed by atoms with Crippen LogP contribution in [0, 0.1) is 0 Å². The molecule has 0 saturated heterocycles. The van der Waals surface area contributed by atoms with Crippen LogP contribution in [0.1, 0.15) is 23.5 Å². The van der Waals surface area contributed by atoms with Gasteiger partial charge in [0.25, 0.3) is 0 Å². The summed E-state index contributed by atoms with van der Waals surface area (Å²) in [6.45, 7) is -1.13. The van der Waals surface area contributed by atoms with Crippen molar-refractivity contribution in [2.24, 2.45) is 5.73 Å². The summed E-state index contributed by atoms with van der Waals surface area (Å²) in [5.74, 6) is -2.27. The Labute approximate surface area is 125 Å². The maximum Gasteiger partial charge on any atom is 0.401 e. The molecule has 1 unspecified atom stereocenters. The highest BCUT2D eigenvalue weighted by Gasteiger charge is 2.33. The SMILES string of the molecule is NC(=O)C1C(=O)C(CCNCC(F)(F)F)=Cc2ccccc21. The molecule has 1 amide bonds. The molecule has 1 aliphatic rings. The fourth-order valence-corrected chi connectivity index (χ4v) is 2.42. The third-order valence-corrected chi connectivity index (χ3v) is 3.40. The summed E-state index contributed by atoms with van der Waals surface area (Å²) in [7, 11) is 0. The number of carbonyl (C=O) groups excluding carboxylic acids is 2. The minimum Gasteiger partial charge on any atom is -0.369 e. The first-order valence-corrected chi connectivity index (χ1v) is 6.70. The van der Waals surface area contributed by atoms with Gasteiger partial charge < -0.3 is 11.1 Å². The van der Waals surface area contributed by atoms with Gasteiger partial charge in [-0.2, -0.15) is 13.2 Å². The number of fused-ring (bicyclic) bond motifs is 1. The van der Waals surface area contributed by atoms with Crippen molar-refractivity contribution in [1.29, 1.82) is 0 Å². The van der Waals surface area contributed by atoms with E-state index in [0.717, 1.165) is 0 Å². The predicted molar refractivity (Wildman–Crippen MR) is 74.9 cm³/mol. The molecular formula is C15H15F3N2O2. The highest BCUT2D eigenvalue weighted by molar-refractivity contribution is 6.17. The normalized spacial score (nSPS) is 17.9. The summed E-state index contributed by atoms with van der Waals surface area (Å²) < 4.78 is 36.2. The number of halogens is 3. The largest absolute Gasteiger partial charge is 0.401 e. The van der Waals surface area contributed by atoms with Crippen LogP contribution < -0.4 is 11.1 Å². The highest BCUT2D eigenvalue weighted by Crippen LogP contribution is 2.31. The maximum atomic E-state index is 12.3. The molecule has 0 fully saturated rings. The van der Waals surface area contributed by atoms with Gasteiger partial charge in [0, 0.05) is 0 Å². The van der Waals surface area contributed by atoms with Crippen molar-refractivity contribution >= 4 is 17.8 Å². The standard InChI is InChI=1S/C15H15F3N2O2/c16-15(17,18)8-20-6-5-10-7-9-3-1-2-4-11(9)12(13(10)21)14(19)22/h1-4,7,12,20H,5-6,8H2,(H2,19,22). The van der Waals surface area contributed by atoms with Crippen molar-refractivity contribution in [1.82, 2.24) is 5.32 Å². The van der Waals surface area contributed by atoms with E-state index in [0.29, 0.717) is 16.7 Å². The number of amides is 1. The number of Topliss-reactive ketones (excluding diaryl/α,β-unsaturated/α-hetero) is 1. The van der Waals surface area contributed by atoms with E-state index >= 15 is 0 Å². The lowest BCUT2D eigenvalue weighted by Crippen LogP contribution is -2.33. The van der Waals surface area contributed by atoms with Crippen LogP contribution in [0.2, 0.25) is 0 Å². The number of nitrogens with one attached hydrogen (secondary N) is 1. The Balaban J connectivity index is 2.13. The third-order valence-electron chi connectivity index (χ3n) is 3.40. The Morgan fingerprint density at radius 1 is 1.27 bits per heavy atom. The van der Waals surface area contributed by atoms with E-state index in [1.165, 1.54) is 0 Å². The van der Waals surface area contributed by atoms with E-state index in [1.807, 2.05) is 0 Å². The van der Waals surface area contributed by atoms with Gasteiger partial charge in [0.15, 0.2) is 5.78 Å². The number of primary amides is 1. The molecule has 3 N–H and O–H groups in total. The van der Waals surface area contributed by atoms with Crippen molar-refractivity contribution in [3.8, 4) is 0 Å². The molecule has 1 aromatic rings. The lowest BCUT2D eigenvalue weighted by atomic mass is 9.80. The summed E-state index contributed by atoms with van der Waals surface area (Å²) in [4.78, 5) is 23.8. The van der Waals surface area contributed by atoms with Gasteiger partial charge in [-0.1, -0.05) is 24.3 Å². The van der Waals surface area contributed by atoms with Crippen LogP contribution in [-0.2, 0) is 9.59 Å². The number of hydrogen-bond acceptors (Lipinski definition) is 3. The fraction of sp³-hybridized carbons (Fsp3) is 0.333. The number of carbonyl (C=O) groups is 2. The van der Waals surface area contributed by atoms with E-state index in [1.54, 1.807) is 30.3 Å². The molecule has 22 heavy (non-hydrogen) atoms. The first-order valence-electron chi connectivity index (χ1n) is 6.70. The second kappa shape index (κ2) is 6.31. The molecule has 7 heteroatoms. The Kier molecular flexibility index (Phi) is 4.65. The zero-order valence-corrected chi connectivity index (χ0v) is 11.6. The molecule has 1 atom stereocenters. The molecule has 4 nitrogen and oxygen atoms in total. The van der Waals surface area contributed by atoms with Gasteiger partial charge in [-0.15, -0.1) is 0 Å². The number of rotatable bonds is 5. The summed E-state index contributed by atoms with van der Waals surface area (Å²) in [5, 5.41) is 2.23. The van der Waals surface area contributed by atoms with E-state index in [-0.39, 0.29) is 13.0 Å². The Bertz CT molecular complexity index is 623.